The number of nitrogens with zero attached hydrogens (tertiary/aromatic N) is 4. The minimum Gasteiger partial charge on any atom is -0.494 e. The van der Waals surface area contributed by atoms with Crippen LogP contribution in [0.4, 0.5) is 11.6 Å². The Morgan fingerprint density at radius 1 is 1.16 bits per heavy atom. The zero-order valence-electron chi connectivity index (χ0n) is 18.9. The van der Waals surface area contributed by atoms with E-state index in [9.17, 15) is 9.59 Å². The molecule has 0 fully saturated rings. The highest BCUT2D eigenvalue weighted by Gasteiger charge is 2.35. The summed E-state index contributed by atoms with van der Waals surface area (Å²) in [5.41, 5.74) is 1.67. The minimum atomic E-state index is -0.270. The standard InChI is InChI=1S/C23H31N5O3/c1-5-7-8-13-26-21(29)19-20(25(4)23(26)30)24-22-27(14-16(3)15-28(19)22)17-9-11-18(12-10-17)31-6-2/h9-12,16H,5-8,13-15H2,1-4H3/p+1/t16-/m1/s1. The maximum atomic E-state index is 13.4. The van der Waals surface area contributed by atoms with Gasteiger partial charge < -0.3 is 4.74 Å². The second-order valence-electron chi connectivity index (χ2n) is 8.40. The number of imidazole rings is 1. The van der Waals surface area contributed by atoms with Gasteiger partial charge in [-0.3, -0.25) is 13.9 Å². The first-order valence-corrected chi connectivity index (χ1v) is 11.2. The smallest absolute Gasteiger partial charge is 0.364 e. The quantitative estimate of drug-likeness (QED) is 0.466. The van der Waals surface area contributed by atoms with E-state index >= 15 is 0 Å². The first-order chi connectivity index (χ1) is 15.0. The van der Waals surface area contributed by atoms with Crippen LogP contribution in [0.3, 0.4) is 0 Å². The van der Waals surface area contributed by atoms with Gasteiger partial charge in [0.2, 0.25) is 11.2 Å². The molecule has 0 aliphatic carbocycles. The van der Waals surface area contributed by atoms with Crippen LogP contribution in [-0.2, 0) is 20.1 Å². The summed E-state index contributed by atoms with van der Waals surface area (Å²) in [4.78, 5) is 31.8. The highest BCUT2D eigenvalue weighted by atomic mass is 16.5. The van der Waals surface area contributed by atoms with Crippen LogP contribution in [0.2, 0.25) is 0 Å². The number of ether oxygens (including phenoxy) is 1. The maximum absolute atomic E-state index is 13.4. The van der Waals surface area contributed by atoms with Crippen molar-refractivity contribution in [2.45, 2.75) is 53.1 Å². The van der Waals surface area contributed by atoms with Crippen molar-refractivity contribution in [1.82, 2.24) is 14.1 Å². The fourth-order valence-electron chi connectivity index (χ4n) is 4.41. The first kappa shape index (κ1) is 21.2. The van der Waals surface area contributed by atoms with E-state index in [0.29, 0.717) is 30.2 Å². The van der Waals surface area contributed by atoms with Gasteiger partial charge in [-0.15, -0.1) is 0 Å². The molecule has 8 heteroatoms. The fraction of sp³-hybridized carbons (Fsp3) is 0.522. The third-order valence-electron chi connectivity index (χ3n) is 5.97. The monoisotopic (exact) mass is 426 g/mol. The Morgan fingerprint density at radius 2 is 1.90 bits per heavy atom. The van der Waals surface area contributed by atoms with E-state index in [1.807, 2.05) is 35.8 Å². The molecule has 0 saturated carbocycles. The van der Waals surface area contributed by atoms with Gasteiger partial charge in [0.25, 0.3) is 5.56 Å². The normalized spacial score (nSPS) is 16.0. The van der Waals surface area contributed by atoms with Crippen molar-refractivity contribution in [3.63, 3.8) is 0 Å². The predicted molar refractivity (Wildman–Crippen MR) is 121 cm³/mol. The number of rotatable bonds is 7. The Labute approximate surface area is 181 Å². The average molecular weight is 427 g/mol. The number of anilines is 2. The Kier molecular flexibility index (Phi) is 5.89. The molecule has 1 atom stereocenters. The van der Waals surface area contributed by atoms with E-state index in [1.54, 1.807) is 11.6 Å². The lowest BCUT2D eigenvalue weighted by Gasteiger charge is -2.26. The number of aromatic amines is 1. The molecule has 0 radical (unpaired) electrons. The van der Waals surface area contributed by atoms with E-state index in [-0.39, 0.29) is 11.2 Å². The number of hydrogen-bond donors (Lipinski definition) is 1. The molecule has 0 saturated heterocycles. The largest absolute Gasteiger partial charge is 0.494 e. The van der Waals surface area contributed by atoms with Crippen molar-refractivity contribution in [2.24, 2.45) is 13.0 Å². The molecule has 166 valence electrons. The second kappa shape index (κ2) is 8.61. The molecule has 1 N–H and O–H groups in total. The summed E-state index contributed by atoms with van der Waals surface area (Å²) in [6.07, 6.45) is 2.86. The number of aryl methyl sites for hydroxylation is 1. The number of hydrogen-bond acceptors (Lipinski definition) is 4. The first-order valence-electron chi connectivity index (χ1n) is 11.2. The summed E-state index contributed by atoms with van der Waals surface area (Å²) in [6, 6.07) is 7.98. The molecule has 1 aliphatic heterocycles. The van der Waals surface area contributed by atoms with Crippen molar-refractivity contribution in [1.29, 1.82) is 0 Å². The molecule has 8 nitrogen and oxygen atoms in total. The highest BCUT2D eigenvalue weighted by molar-refractivity contribution is 5.70. The number of nitrogens with one attached hydrogen (secondary N) is 1. The molecular weight excluding hydrogens is 394 g/mol. The van der Waals surface area contributed by atoms with Crippen LogP contribution in [0.15, 0.2) is 33.9 Å². The van der Waals surface area contributed by atoms with Gasteiger partial charge in [-0.05, 0) is 37.6 Å². The Balaban J connectivity index is 1.85. The zero-order valence-corrected chi connectivity index (χ0v) is 18.9. The minimum absolute atomic E-state index is 0.211. The van der Waals surface area contributed by atoms with Crippen LogP contribution >= 0.6 is 0 Å². The van der Waals surface area contributed by atoms with Gasteiger partial charge in [0.05, 0.1) is 19.7 Å². The molecule has 0 amide bonds. The van der Waals surface area contributed by atoms with Crippen LogP contribution in [0.5, 0.6) is 5.75 Å². The molecule has 31 heavy (non-hydrogen) atoms. The predicted octanol–water partition coefficient (Wildman–Crippen LogP) is 2.69. The van der Waals surface area contributed by atoms with Crippen LogP contribution in [0.1, 0.15) is 40.0 Å². The second-order valence-corrected chi connectivity index (χ2v) is 8.40. The summed E-state index contributed by atoms with van der Waals surface area (Å²) in [7, 11) is 1.73. The van der Waals surface area contributed by atoms with Gasteiger partial charge in [0.15, 0.2) is 0 Å². The van der Waals surface area contributed by atoms with Gasteiger partial charge in [-0.1, -0.05) is 26.7 Å². The highest BCUT2D eigenvalue weighted by Crippen LogP contribution is 2.29. The van der Waals surface area contributed by atoms with E-state index in [0.717, 1.165) is 49.7 Å². The molecule has 3 aromatic rings. The van der Waals surface area contributed by atoms with Gasteiger partial charge >= 0.3 is 11.6 Å². The molecule has 1 aliphatic rings. The molecular formula is C23H32N5O3+. The Hall–Kier alpha value is -3.03. The summed E-state index contributed by atoms with van der Waals surface area (Å²) in [6.45, 7) is 8.88. The summed E-state index contributed by atoms with van der Waals surface area (Å²) in [5, 5.41) is 0. The SMILES string of the molecule is CCCCCn1c(=O)c2c([nH]c3[n+]2C[C@H](C)CN3c2ccc(OCC)cc2)n(C)c1=O. The van der Waals surface area contributed by atoms with Gasteiger partial charge in [0.1, 0.15) is 11.4 Å². The molecule has 2 aromatic heterocycles. The Bertz CT molecular complexity index is 1190. The van der Waals surface area contributed by atoms with Crippen LogP contribution in [0, 0.1) is 5.92 Å². The molecule has 1 aromatic carbocycles. The van der Waals surface area contributed by atoms with E-state index in [1.165, 1.54) is 4.57 Å². The van der Waals surface area contributed by atoms with Gasteiger partial charge in [-0.25, -0.2) is 19.2 Å². The van der Waals surface area contributed by atoms with Crippen LogP contribution in [0.25, 0.3) is 11.2 Å². The third-order valence-corrected chi connectivity index (χ3v) is 5.97. The lowest BCUT2D eigenvalue weighted by molar-refractivity contribution is -0.669. The van der Waals surface area contributed by atoms with Gasteiger partial charge in [0, 0.05) is 19.5 Å². The molecule has 0 unspecified atom stereocenters. The number of unbranched alkanes of at least 4 members (excludes halogenated alkanes) is 2. The van der Waals surface area contributed by atoms with Gasteiger partial charge in [-0.2, -0.15) is 0 Å². The summed E-state index contributed by atoms with van der Waals surface area (Å²) < 4.78 is 10.6. The molecule has 0 spiro atoms. The average Bonchev–Trinajstić information content (AvgIpc) is 3.14. The number of aromatic nitrogens is 4. The van der Waals surface area contributed by atoms with E-state index in [2.05, 4.69) is 23.7 Å². The van der Waals surface area contributed by atoms with E-state index in [4.69, 9.17) is 4.74 Å². The van der Waals surface area contributed by atoms with Crippen molar-refractivity contribution in [3.8, 4) is 5.75 Å². The van der Waals surface area contributed by atoms with Crippen molar-refractivity contribution in [3.05, 3.63) is 45.1 Å². The lowest BCUT2D eigenvalue weighted by atomic mass is 10.1. The number of benzene rings is 1. The van der Waals surface area contributed by atoms with Crippen LogP contribution < -0.4 is 25.5 Å². The number of fused-ring (bicyclic) bond motifs is 3. The van der Waals surface area contributed by atoms with Crippen molar-refractivity contribution < 1.29 is 9.30 Å². The lowest BCUT2D eigenvalue weighted by Crippen LogP contribution is -2.52. The topological polar surface area (TPSA) is 76.1 Å². The Morgan fingerprint density at radius 3 is 2.58 bits per heavy atom. The number of H-pyrrole nitrogens is 1. The molecule has 4 rings (SSSR count). The third kappa shape index (κ3) is 3.75. The van der Waals surface area contributed by atoms with Crippen molar-refractivity contribution >= 4 is 22.8 Å². The fourth-order valence-corrected chi connectivity index (χ4v) is 4.41. The van der Waals surface area contributed by atoms with Crippen molar-refractivity contribution in [2.75, 3.05) is 18.1 Å². The molecule has 3 heterocycles. The summed E-state index contributed by atoms with van der Waals surface area (Å²) in [5.74, 6) is 2.00. The van der Waals surface area contributed by atoms with E-state index < -0.39 is 0 Å². The molecule has 0 bridgehead atoms. The van der Waals surface area contributed by atoms with Crippen LogP contribution in [-0.4, -0.2) is 27.3 Å². The maximum Gasteiger partial charge on any atom is 0.364 e. The zero-order chi connectivity index (χ0) is 22.1. The summed E-state index contributed by atoms with van der Waals surface area (Å²) >= 11 is 0.